The topological polar surface area (TPSA) is 57.6 Å². The summed E-state index contributed by atoms with van der Waals surface area (Å²) in [6, 6.07) is 0.215. The van der Waals surface area contributed by atoms with E-state index in [1.165, 1.54) is 0 Å². The Balaban J connectivity index is 2.19. The summed E-state index contributed by atoms with van der Waals surface area (Å²) in [7, 11) is 0. The molecule has 4 nitrogen and oxygen atoms in total. The fraction of sp³-hybridized carbons (Fsp3) is 0.846. The van der Waals surface area contributed by atoms with E-state index in [1.54, 1.807) is 0 Å². The van der Waals surface area contributed by atoms with E-state index in [1.807, 2.05) is 4.90 Å². The Morgan fingerprint density at radius 2 is 2.00 bits per heavy atom. The molecule has 1 aliphatic heterocycles. The standard InChI is InChI=1S/C13H21NO3/c1-13(2,3)7-10-9(12(16)17)6-11(15)14(10)8-4-5-8/h8-10H,4-7H2,1-3H3,(H,16,17)/t9-,10+/m0/s1. The van der Waals surface area contributed by atoms with Gasteiger partial charge >= 0.3 is 5.97 Å². The van der Waals surface area contributed by atoms with Crippen LogP contribution in [0.2, 0.25) is 0 Å². The quantitative estimate of drug-likeness (QED) is 0.818. The second-order valence-electron chi connectivity index (χ2n) is 6.51. The Bertz CT molecular complexity index is 341. The van der Waals surface area contributed by atoms with E-state index in [0.717, 1.165) is 19.3 Å². The van der Waals surface area contributed by atoms with Crippen molar-refractivity contribution >= 4 is 11.9 Å². The minimum Gasteiger partial charge on any atom is -0.481 e. The van der Waals surface area contributed by atoms with Crippen molar-refractivity contribution in [3.8, 4) is 0 Å². The van der Waals surface area contributed by atoms with Crippen LogP contribution in [0.3, 0.4) is 0 Å². The van der Waals surface area contributed by atoms with Crippen molar-refractivity contribution in [3.63, 3.8) is 0 Å². The zero-order valence-electron chi connectivity index (χ0n) is 10.8. The van der Waals surface area contributed by atoms with Crippen LogP contribution in [-0.4, -0.2) is 34.0 Å². The van der Waals surface area contributed by atoms with E-state index in [9.17, 15) is 14.7 Å². The summed E-state index contributed by atoms with van der Waals surface area (Å²) in [4.78, 5) is 25.0. The maximum atomic E-state index is 11.9. The van der Waals surface area contributed by atoms with Gasteiger partial charge in [-0.05, 0) is 24.7 Å². The van der Waals surface area contributed by atoms with Crippen molar-refractivity contribution < 1.29 is 14.7 Å². The molecule has 1 amide bonds. The molecule has 1 heterocycles. The van der Waals surface area contributed by atoms with Crippen LogP contribution in [-0.2, 0) is 9.59 Å². The lowest BCUT2D eigenvalue weighted by atomic mass is 9.83. The molecule has 0 unspecified atom stereocenters. The minimum absolute atomic E-state index is 0.0363. The molecular formula is C13H21NO3. The van der Waals surface area contributed by atoms with Gasteiger partial charge in [0.1, 0.15) is 0 Å². The third-order valence-corrected chi connectivity index (χ3v) is 3.58. The van der Waals surface area contributed by atoms with E-state index in [-0.39, 0.29) is 23.8 Å². The van der Waals surface area contributed by atoms with Crippen LogP contribution in [0.15, 0.2) is 0 Å². The number of rotatable bonds is 3. The summed E-state index contributed by atoms with van der Waals surface area (Å²) in [6.07, 6.45) is 3.04. The summed E-state index contributed by atoms with van der Waals surface area (Å²) < 4.78 is 0. The largest absolute Gasteiger partial charge is 0.481 e. The molecule has 1 saturated carbocycles. The maximum absolute atomic E-state index is 11.9. The molecule has 2 fully saturated rings. The number of nitrogens with zero attached hydrogens (tertiary/aromatic N) is 1. The zero-order valence-corrected chi connectivity index (χ0v) is 10.8. The second kappa shape index (κ2) is 4.00. The third kappa shape index (κ3) is 2.61. The highest BCUT2D eigenvalue weighted by atomic mass is 16.4. The van der Waals surface area contributed by atoms with Crippen LogP contribution in [0.5, 0.6) is 0 Å². The fourth-order valence-corrected chi connectivity index (χ4v) is 2.76. The van der Waals surface area contributed by atoms with Crippen LogP contribution >= 0.6 is 0 Å². The molecule has 0 aromatic rings. The first-order chi connectivity index (χ1) is 7.79. The molecule has 0 radical (unpaired) electrons. The Morgan fingerprint density at radius 3 is 2.41 bits per heavy atom. The second-order valence-corrected chi connectivity index (χ2v) is 6.51. The number of aliphatic carboxylic acids is 1. The molecule has 1 aliphatic carbocycles. The van der Waals surface area contributed by atoms with Crippen molar-refractivity contribution in [3.05, 3.63) is 0 Å². The Kier molecular flexibility index (Phi) is 2.92. The van der Waals surface area contributed by atoms with E-state index in [2.05, 4.69) is 20.8 Å². The average molecular weight is 239 g/mol. The number of hydrogen-bond acceptors (Lipinski definition) is 2. The molecular weight excluding hydrogens is 218 g/mol. The van der Waals surface area contributed by atoms with Gasteiger partial charge in [-0.25, -0.2) is 0 Å². The van der Waals surface area contributed by atoms with E-state index in [4.69, 9.17) is 0 Å². The molecule has 0 aromatic heterocycles. The minimum atomic E-state index is -0.823. The van der Waals surface area contributed by atoms with E-state index >= 15 is 0 Å². The van der Waals surface area contributed by atoms with Crippen molar-refractivity contribution in [2.75, 3.05) is 0 Å². The van der Waals surface area contributed by atoms with Crippen molar-refractivity contribution in [1.29, 1.82) is 0 Å². The number of carboxylic acid groups (broad SMARTS) is 1. The van der Waals surface area contributed by atoms with Crippen LogP contribution in [0, 0.1) is 11.3 Å². The van der Waals surface area contributed by atoms with Gasteiger partial charge in [0.15, 0.2) is 0 Å². The van der Waals surface area contributed by atoms with Crippen molar-refractivity contribution in [2.45, 2.75) is 58.5 Å². The first-order valence-corrected chi connectivity index (χ1v) is 6.33. The molecule has 1 N–H and O–H groups in total. The summed E-state index contributed by atoms with van der Waals surface area (Å²) in [5.74, 6) is -1.30. The third-order valence-electron chi connectivity index (χ3n) is 3.58. The highest BCUT2D eigenvalue weighted by Crippen LogP contribution is 2.41. The van der Waals surface area contributed by atoms with Gasteiger partial charge < -0.3 is 10.0 Å². The lowest BCUT2D eigenvalue weighted by Crippen LogP contribution is -2.41. The number of hydrogen-bond donors (Lipinski definition) is 1. The zero-order chi connectivity index (χ0) is 12.8. The van der Waals surface area contributed by atoms with E-state index in [0.29, 0.717) is 6.04 Å². The smallest absolute Gasteiger partial charge is 0.309 e. The number of carbonyl (C=O) groups excluding carboxylic acids is 1. The van der Waals surface area contributed by atoms with Gasteiger partial charge in [-0.2, -0.15) is 0 Å². The van der Waals surface area contributed by atoms with E-state index < -0.39 is 11.9 Å². The van der Waals surface area contributed by atoms with Crippen molar-refractivity contribution in [1.82, 2.24) is 4.90 Å². The summed E-state index contributed by atoms with van der Waals surface area (Å²) in [5.41, 5.74) is 0.0517. The van der Waals surface area contributed by atoms with Gasteiger partial charge in [0.2, 0.25) is 5.91 Å². The number of carbonyl (C=O) groups is 2. The normalized spacial score (nSPS) is 29.8. The fourth-order valence-electron chi connectivity index (χ4n) is 2.76. The Morgan fingerprint density at radius 1 is 1.41 bits per heavy atom. The van der Waals surface area contributed by atoms with Gasteiger partial charge in [-0.1, -0.05) is 20.8 Å². The molecule has 2 aliphatic rings. The first-order valence-electron chi connectivity index (χ1n) is 6.33. The molecule has 2 rings (SSSR count). The Labute approximate surface area is 102 Å². The predicted molar refractivity (Wildman–Crippen MR) is 63.5 cm³/mol. The molecule has 1 saturated heterocycles. The molecule has 96 valence electrons. The summed E-state index contributed by atoms with van der Waals surface area (Å²) in [5, 5.41) is 9.24. The summed E-state index contributed by atoms with van der Waals surface area (Å²) >= 11 is 0. The molecule has 17 heavy (non-hydrogen) atoms. The Hall–Kier alpha value is -1.06. The van der Waals surface area contributed by atoms with Crippen LogP contribution in [0.25, 0.3) is 0 Å². The number of amides is 1. The van der Waals surface area contributed by atoms with Crippen LogP contribution < -0.4 is 0 Å². The maximum Gasteiger partial charge on any atom is 0.309 e. The van der Waals surface area contributed by atoms with Gasteiger partial charge in [0.25, 0.3) is 0 Å². The number of likely N-dealkylation sites (tertiary alicyclic amines) is 1. The number of carboxylic acids is 1. The first kappa shape index (κ1) is 12.4. The van der Waals surface area contributed by atoms with Gasteiger partial charge in [-0.3, -0.25) is 9.59 Å². The van der Waals surface area contributed by atoms with Crippen molar-refractivity contribution in [2.24, 2.45) is 11.3 Å². The molecule has 0 bridgehead atoms. The lowest BCUT2D eigenvalue weighted by Gasteiger charge is -2.32. The van der Waals surface area contributed by atoms with Gasteiger partial charge in [-0.15, -0.1) is 0 Å². The highest BCUT2D eigenvalue weighted by molar-refractivity contribution is 5.87. The highest BCUT2D eigenvalue weighted by Gasteiger charge is 2.49. The van der Waals surface area contributed by atoms with Gasteiger partial charge in [0, 0.05) is 18.5 Å². The molecule has 2 atom stereocenters. The molecule has 0 aromatic carbocycles. The SMILES string of the molecule is CC(C)(C)C[C@@H]1[C@@H](C(=O)O)CC(=O)N1C1CC1. The molecule has 0 spiro atoms. The lowest BCUT2D eigenvalue weighted by molar-refractivity contribution is -0.142. The van der Waals surface area contributed by atoms with Gasteiger partial charge in [0.05, 0.1) is 5.92 Å². The predicted octanol–water partition coefficient (Wildman–Crippen LogP) is 1.89. The molecule has 4 heteroatoms. The average Bonchev–Trinajstić information content (AvgIpc) is 2.91. The van der Waals surface area contributed by atoms with Crippen LogP contribution in [0.1, 0.15) is 46.5 Å². The monoisotopic (exact) mass is 239 g/mol. The summed E-state index contributed by atoms with van der Waals surface area (Å²) in [6.45, 7) is 6.29. The van der Waals surface area contributed by atoms with Crippen LogP contribution in [0.4, 0.5) is 0 Å².